The summed E-state index contributed by atoms with van der Waals surface area (Å²) in [5.41, 5.74) is 10.7. The molecule has 2 heterocycles. The van der Waals surface area contributed by atoms with Gasteiger partial charge in [-0.1, -0.05) is 129 Å². The highest BCUT2D eigenvalue weighted by Crippen LogP contribution is 2.36. The Morgan fingerprint density at radius 1 is 0.400 bits per heavy atom. The minimum atomic E-state index is 0.698. The third-order valence-electron chi connectivity index (χ3n) is 8.12. The maximum Gasteiger partial charge on any atom is 0.160 e. The molecule has 3 nitrogen and oxygen atoms in total. The molecule has 0 fully saturated rings. The van der Waals surface area contributed by atoms with Crippen molar-refractivity contribution in [3.63, 3.8) is 0 Å². The molecule has 0 bridgehead atoms. The second kappa shape index (κ2) is 11.6. The fourth-order valence-corrected chi connectivity index (χ4v) is 7.30. The quantitative estimate of drug-likeness (QED) is 0.178. The van der Waals surface area contributed by atoms with Gasteiger partial charge in [0.2, 0.25) is 0 Å². The van der Waals surface area contributed by atoms with Crippen LogP contribution in [0, 0.1) is 0 Å². The molecular formula is C40H25Br2N3. The number of hydrogen-bond acceptors (Lipinski definition) is 2. The van der Waals surface area contributed by atoms with Gasteiger partial charge in [-0.15, -0.1) is 0 Å². The fourth-order valence-electron chi connectivity index (χ4n) is 6.00. The molecule has 8 aromatic rings. The van der Waals surface area contributed by atoms with Crippen molar-refractivity contribution in [1.29, 1.82) is 0 Å². The second-order valence-corrected chi connectivity index (χ2v) is 12.8. The number of halogens is 2. The average Bonchev–Trinajstić information content (AvgIpc) is 3.42. The Balaban J connectivity index is 1.21. The number of hydrogen-bond donors (Lipinski definition) is 0. The molecule has 0 saturated carbocycles. The lowest BCUT2D eigenvalue weighted by Gasteiger charge is -2.11. The Labute approximate surface area is 278 Å². The molecule has 0 aliphatic carbocycles. The number of rotatable bonds is 5. The van der Waals surface area contributed by atoms with Crippen LogP contribution in [0.2, 0.25) is 0 Å². The Kier molecular flexibility index (Phi) is 7.13. The predicted molar refractivity (Wildman–Crippen MR) is 194 cm³/mol. The summed E-state index contributed by atoms with van der Waals surface area (Å²) >= 11 is 7.27. The molecule has 0 radical (unpaired) electrons. The van der Waals surface area contributed by atoms with Crippen molar-refractivity contribution in [3.05, 3.63) is 161 Å². The van der Waals surface area contributed by atoms with Crippen molar-refractivity contribution in [1.82, 2.24) is 14.5 Å². The molecule has 5 heteroatoms. The van der Waals surface area contributed by atoms with E-state index in [-0.39, 0.29) is 0 Å². The first-order chi connectivity index (χ1) is 22.1. The molecule has 0 atom stereocenters. The highest BCUT2D eigenvalue weighted by atomic mass is 79.9. The lowest BCUT2D eigenvalue weighted by Crippen LogP contribution is -1.96. The summed E-state index contributed by atoms with van der Waals surface area (Å²) in [7, 11) is 0. The third-order valence-corrected chi connectivity index (χ3v) is 9.03. The van der Waals surface area contributed by atoms with Crippen LogP contribution >= 0.6 is 31.9 Å². The van der Waals surface area contributed by atoms with Crippen molar-refractivity contribution in [2.24, 2.45) is 0 Å². The molecule has 0 aliphatic rings. The summed E-state index contributed by atoms with van der Waals surface area (Å²) in [5, 5.41) is 2.49. The van der Waals surface area contributed by atoms with Crippen LogP contribution in [-0.2, 0) is 0 Å². The first-order valence-electron chi connectivity index (χ1n) is 14.7. The summed E-state index contributed by atoms with van der Waals surface area (Å²) in [6.07, 6.45) is 0. The first-order valence-corrected chi connectivity index (χ1v) is 16.3. The molecule has 0 N–H and O–H groups in total. The fraction of sp³-hybridized carbons (Fsp3) is 0. The molecule has 45 heavy (non-hydrogen) atoms. The smallest absolute Gasteiger partial charge is 0.160 e. The van der Waals surface area contributed by atoms with Crippen LogP contribution in [0.25, 0.3) is 72.5 Å². The summed E-state index contributed by atoms with van der Waals surface area (Å²) in [6.45, 7) is 0. The molecule has 2 aromatic heterocycles. The Bertz CT molecular complexity index is 2310. The summed E-state index contributed by atoms with van der Waals surface area (Å²) in [5.74, 6) is 0.698. The molecule has 0 amide bonds. The van der Waals surface area contributed by atoms with Gasteiger partial charge in [0, 0.05) is 42.1 Å². The normalized spacial score (nSPS) is 11.3. The molecule has 0 spiro atoms. The van der Waals surface area contributed by atoms with Crippen LogP contribution in [0.5, 0.6) is 0 Å². The number of benzene rings is 6. The van der Waals surface area contributed by atoms with Gasteiger partial charge in [-0.3, -0.25) is 0 Å². The number of aromatic nitrogens is 3. The Morgan fingerprint density at radius 2 is 0.978 bits per heavy atom. The van der Waals surface area contributed by atoms with E-state index >= 15 is 0 Å². The van der Waals surface area contributed by atoms with E-state index in [1.807, 2.05) is 36.4 Å². The van der Waals surface area contributed by atoms with Gasteiger partial charge in [-0.25, -0.2) is 9.97 Å². The van der Waals surface area contributed by atoms with Gasteiger partial charge in [0.05, 0.1) is 22.4 Å². The third kappa shape index (κ3) is 5.28. The van der Waals surface area contributed by atoms with Gasteiger partial charge in [-0.2, -0.15) is 0 Å². The van der Waals surface area contributed by atoms with Crippen molar-refractivity contribution in [2.75, 3.05) is 0 Å². The van der Waals surface area contributed by atoms with Crippen LogP contribution in [0.15, 0.2) is 161 Å². The van der Waals surface area contributed by atoms with Gasteiger partial charge in [0.15, 0.2) is 5.82 Å². The second-order valence-electron chi connectivity index (χ2n) is 11.0. The first kappa shape index (κ1) is 27.7. The minimum absolute atomic E-state index is 0.698. The Morgan fingerprint density at radius 3 is 1.71 bits per heavy atom. The van der Waals surface area contributed by atoms with Gasteiger partial charge in [-0.05, 0) is 65.7 Å². The van der Waals surface area contributed by atoms with E-state index in [0.29, 0.717) is 5.82 Å². The molecule has 214 valence electrons. The number of fused-ring (bicyclic) bond motifs is 3. The zero-order chi connectivity index (χ0) is 30.3. The minimum Gasteiger partial charge on any atom is -0.309 e. The zero-order valence-electron chi connectivity index (χ0n) is 24.0. The molecular weight excluding hydrogens is 682 g/mol. The topological polar surface area (TPSA) is 30.7 Å². The predicted octanol–water partition coefficient (Wildman–Crippen LogP) is 11.8. The Hall–Kier alpha value is -4.84. The van der Waals surface area contributed by atoms with Gasteiger partial charge >= 0.3 is 0 Å². The van der Waals surface area contributed by atoms with Crippen molar-refractivity contribution >= 4 is 53.7 Å². The summed E-state index contributed by atoms with van der Waals surface area (Å²) in [6, 6.07) is 53.1. The van der Waals surface area contributed by atoms with Crippen LogP contribution in [0.3, 0.4) is 0 Å². The van der Waals surface area contributed by atoms with Crippen molar-refractivity contribution in [3.8, 4) is 50.7 Å². The van der Waals surface area contributed by atoms with Gasteiger partial charge in [0.25, 0.3) is 0 Å². The number of nitrogens with zero attached hydrogens (tertiary/aromatic N) is 3. The lowest BCUT2D eigenvalue weighted by atomic mass is 10.00. The highest BCUT2D eigenvalue weighted by molar-refractivity contribution is 9.11. The van der Waals surface area contributed by atoms with Crippen molar-refractivity contribution < 1.29 is 0 Å². The van der Waals surface area contributed by atoms with E-state index in [2.05, 4.69) is 152 Å². The van der Waals surface area contributed by atoms with Crippen LogP contribution < -0.4 is 0 Å². The maximum absolute atomic E-state index is 5.02. The highest BCUT2D eigenvalue weighted by Gasteiger charge is 2.14. The van der Waals surface area contributed by atoms with Gasteiger partial charge in [0.1, 0.15) is 0 Å². The van der Waals surface area contributed by atoms with Crippen molar-refractivity contribution in [2.45, 2.75) is 0 Å². The monoisotopic (exact) mass is 705 g/mol. The largest absolute Gasteiger partial charge is 0.309 e. The maximum atomic E-state index is 5.02. The summed E-state index contributed by atoms with van der Waals surface area (Å²) < 4.78 is 4.32. The van der Waals surface area contributed by atoms with E-state index in [1.54, 1.807) is 0 Å². The molecule has 6 aromatic carbocycles. The van der Waals surface area contributed by atoms with Crippen LogP contribution in [0.1, 0.15) is 0 Å². The SMILES string of the molecule is Brc1cc(Br)cc(-c2cc(-c3ccc(-c4ccc5c(c4)c4ccccc4n5-c4ccccc4)cc3)nc(-c3ccccc3)n2)c1. The van der Waals surface area contributed by atoms with E-state index in [9.17, 15) is 0 Å². The average molecular weight is 707 g/mol. The van der Waals surface area contributed by atoms with Crippen LogP contribution in [0.4, 0.5) is 0 Å². The van der Waals surface area contributed by atoms with E-state index in [1.165, 1.54) is 27.4 Å². The molecule has 8 rings (SSSR count). The molecule has 0 unspecified atom stereocenters. The summed E-state index contributed by atoms with van der Waals surface area (Å²) in [4.78, 5) is 9.99. The van der Waals surface area contributed by atoms with Gasteiger partial charge < -0.3 is 4.57 Å². The van der Waals surface area contributed by atoms with E-state index in [4.69, 9.17) is 9.97 Å². The molecule has 0 aliphatic heterocycles. The standard InChI is InChI=1S/C40H25Br2N3/c41-31-21-30(22-32(42)24-31)37-25-36(43-40(44-37)28-9-3-1-4-10-28)27-17-15-26(16-18-27)29-19-20-39-35(23-29)34-13-7-8-14-38(34)45(39)33-11-5-2-6-12-33/h1-25H. The molecule has 0 saturated heterocycles. The zero-order valence-corrected chi connectivity index (χ0v) is 27.2. The number of para-hydroxylation sites is 2. The lowest BCUT2D eigenvalue weighted by molar-refractivity contribution is 1.18. The van der Waals surface area contributed by atoms with E-state index < -0.39 is 0 Å². The van der Waals surface area contributed by atoms with E-state index in [0.717, 1.165) is 48.3 Å². The van der Waals surface area contributed by atoms with Crippen LogP contribution in [-0.4, -0.2) is 14.5 Å².